The average molecular weight is 344 g/mol. The number of imide groups is 1. The van der Waals surface area contributed by atoms with Crippen molar-refractivity contribution in [2.45, 2.75) is 38.6 Å². The Hall–Kier alpha value is -2.21. The lowest BCUT2D eigenvalue weighted by Gasteiger charge is -2.34. The fourth-order valence-electron chi connectivity index (χ4n) is 3.64. The van der Waals surface area contributed by atoms with E-state index >= 15 is 0 Å². The number of carbonyl (C=O) groups is 3. The number of rotatable bonds is 6. The van der Waals surface area contributed by atoms with E-state index in [2.05, 4.69) is 4.90 Å². The van der Waals surface area contributed by atoms with E-state index in [-0.39, 0.29) is 23.8 Å². The highest BCUT2D eigenvalue weighted by atomic mass is 16.5. The zero-order chi connectivity index (χ0) is 17.8. The largest absolute Gasteiger partial charge is 0.465 e. The highest BCUT2D eigenvalue weighted by Crippen LogP contribution is 2.23. The highest BCUT2D eigenvalue weighted by molar-refractivity contribution is 6.21. The van der Waals surface area contributed by atoms with Crippen LogP contribution in [-0.2, 0) is 9.53 Å². The normalized spacial score (nSPS) is 20.7. The van der Waals surface area contributed by atoms with Gasteiger partial charge in [0.15, 0.2) is 0 Å². The van der Waals surface area contributed by atoms with Crippen molar-refractivity contribution in [3.8, 4) is 0 Å². The lowest BCUT2D eigenvalue weighted by atomic mass is 10.0. The Morgan fingerprint density at radius 2 is 1.80 bits per heavy atom. The molecule has 1 saturated heterocycles. The van der Waals surface area contributed by atoms with E-state index in [0.717, 1.165) is 25.8 Å². The van der Waals surface area contributed by atoms with Crippen molar-refractivity contribution in [3.05, 3.63) is 35.4 Å². The Morgan fingerprint density at radius 3 is 2.44 bits per heavy atom. The van der Waals surface area contributed by atoms with Crippen molar-refractivity contribution < 1.29 is 19.1 Å². The zero-order valence-electron chi connectivity index (χ0n) is 14.6. The monoisotopic (exact) mass is 344 g/mol. The summed E-state index contributed by atoms with van der Waals surface area (Å²) in [7, 11) is 0. The third-order valence-electron chi connectivity index (χ3n) is 4.88. The van der Waals surface area contributed by atoms with Gasteiger partial charge < -0.3 is 4.74 Å². The molecular weight excluding hydrogens is 320 g/mol. The molecule has 2 aliphatic rings. The van der Waals surface area contributed by atoms with Crippen LogP contribution in [0, 0.1) is 0 Å². The minimum absolute atomic E-state index is 0.164. The molecule has 1 atom stereocenters. The van der Waals surface area contributed by atoms with Crippen LogP contribution in [-0.4, -0.2) is 59.9 Å². The Balaban J connectivity index is 1.56. The number of carbonyl (C=O) groups excluding carboxylic acids is 3. The summed E-state index contributed by atoms with van der Waals surface area (Å²) in [5, 5.41) is 0. The summed E-state index contributed by atoms with van der Waals surface area (Å²) in [6.07, 6.45) is 3.55. The Morgan fingerprint density at radius 1 is 1.12 bits per heavy atom. The lowest BCUT2D eigenvalue weighted by Crippen LogP contribution is -2.46. The first-order chi connectivity index (χ1) is 12.1. The summed E-state index contributed by atoms with van der Waals surface area (Å²) >= 11 is 0. The van der Waals surface area contributed by atoms with Gasteiger partial charge in [-0.05, 0) is 44.9 Å². The van der Waals surface area contributed by atoms with E-state index in [1.165, 1.54) is 4.90 Å². The molecule has 2 heterocycles. The van der Waals surface area contributed by atoms with Gasteiger partial charge in [0.05, 0.1) is 17.7 Å². The van der Waals surface area contributed by atoms with Crippen molar-refractivity contribution in [1.29, 1.82) is 0 Å². The van der Waals surface area contributed by atoms with E-state index in [1.807, 2.05) is 6.92 Å². The molecule has 6 heteroatoms. The van der Waals surface area contributed by atoms with Crippen LogP contribution in [0.25, 0.3) is 0 Å². The molecule has 1 unspecified atom stereocenters. The SMILES string of the molecule is CCOC(=O)C1CCCCN1CCCN1C(=O)c2ccccc2C1=O. The van der Waals surface area contributed by atoms with Crippen molar-refractivity contribution in [3.63, 3.8) is 0 Å². The number of esters is 1. The van der Waals surface area contributed by atoms with Crippen molar-refractivity contribution in [1.82, 2.24) is 9.80 Å². The molecular formula is C19H24N2O4. The third kappa shape index (κ3) is 3.58. The number of hydrogen-bond acceptors (Lipinski definition) is 5. The summed E-state index contributed by atoms with van der Waals surface area (Å²) in [4.78, 5) is 40.3. The van der Waals surface area contributed by atoms with Crippen molar-refractivity contribution in [2.24, 2.45) is 0 Å². The van der Waals surface area contributed by atoms with E-state index in [4.69, 9.17) is 4.74 Å². The molecule has 6 nitrogen and oxygen atoms in total. The topological polar surface area (TPSA) is 66.9 Å². The second kappa shape index (κ2) is 7.78. The molecule has 0 saturated carbocycles. The minimum Gasteiger partial charge on any atom is -0.465 e. The summed E-state index contributed by atoms with van der Waals surface area (Å²) in [5.41, 5.74) is 0.963. The summed E-state index contributed by atoms with van der Waals surface area (Å²) < 4.78 is 5.17. The average Bonchev–Trinajstić information content (AvgIpc) is 2.87. The van der Waals surface area contributed by atoms with Gasteiger partial charge in [-0.2, -0.15) is 0 Å². The number of benzene rings is 1. The van der Waals surface area contributed by atoms with Gasteiger partial charge in [-0.15, -0.1) is 0 Å². The number of likely N-dealkylation sites (tertiary alicyclic amines) is 1. The maximum absolute atomic E-state index is 12.4. The Kier molecular flexibility index (Phi) is 5.48. The van der Waals surface area contributed by atoms with E-state index in [9.17, 15) is 14.4 Å². The second-order valence-corrected chi connectivity index (χ2v) is 6.46. The van der Waals surface area contributed by atoms with Gasteiger partial charge in [0, 0.05) is 13.1 Å². The van der Waals surface area contributed by atoms with Gasteiger partial charge in [-0.25, -0.2) is 0 Å². The number of amides is 2. The summed E-state index contributed by atoms with van der Waals surface area (Å²) in [5.74, 6) is -0.606. The van der Waals surface area contributed by atoms with E-state index in [0.29, 0.717) is 37.2 Å². The number of nitrogens with zero attached hydrogens (tertiary/aromatic N) is 2. The minimum atomic E-state index is -0.221. The van der Waals surface area contributed by atoms with Crippen molar-refractivity contribution in [2.75, 3.05) is 26.2 Å². The van der Waals surface area contributed by atoms with Gasteiger partial charge >= 0.3 is 5.97 Å². The van der Waals surface area contributed by atoms with Crippen LogP contribution in [0.2, 0.25) is 0 Å². The summed E-state index contributed by atoms with van der Waals surface area (Å²) in [6.45, 7) is 4.10. The molecule has 2 aliphatic heterocycles. The first kappa shape index (κ1) is 17.6. The fourth-order valence-corrected chi connectivity index (χ4v) is 3.64. The van der Waals surface area contributed by atoms with E-state index < -0.39 is 0 Å². The molecule has 1 aromatic carbocycles. The van der Waals surface area contributed by atoms with Crippen LogP contribution in [0.4, 0.5) is 0 Å². The standard InChI is InChI=1S/C19H24N2O4/c1-2-25-19(24)16-10-5-6-11-20(16)12-7-13-21-17(22)14-8-3-4-9-15(14)18(21)23/h3-4,8-9,16H,2,5-7,10-13H2,1H3. The maximum Gasteiger partial charge on any atom is 0.323 e. The van der Waals surface area contributed by atoms with Crippen LogP contribution in [0.3, 0.4) is 0 Å². The number of piperidine rings is 1. The van der Waals surface area contributed by atoms with Crippen LogP contribution < -0.4 is 0 Å². The van der Waals surface area contributed by atoms with Gasteiger partial charge in [0.2, 0.25) is 0 Å². The quantitative estimate of drug-likeness (QED) is 0.584. The predicted molar refractivity (Wildman–Crippen MR) is 92.3 cm³/mol. The third-order valence-corrected chi connectivity index (χ3v) is 4.88. The van der Waals surface area contributed by atoms with Crippen LogP contribution >= 0.6 is 0 Å². The summed E-state index contributed by atoms with van der Waals surface area (Å²) in [6, 6.07) is 6.72. The predicted octanol–water partition coefficient (Wildman–Crippen LogP) is 2.09. The van der Waals surface area contributed by atoms with Crippen molar-refractivity contribution >= 4 is 17.8 Å². The lowest BCUT2D eigenvalue weighted by molar-refractivity contribution is -0.150. The molecule has 0 N–H and O–H groups in total. The van der Waals surface area contributed by atoms with Gasteiger partial charge in [-0.3, -0.25) is 24.2 Å². The first-order valence-electron chi connectivity index (χ1n) is 8.99. The van der Waals surface area contributed by atoms with Gasteiger partial charge in [0.25, 0.3) is 11.8 Å². The van der Waals surface area contributed by atoms with Crippen LogP contribution in [0.1, 0.15) is 53.3 Å². The Labute approximate surface area is 147 Å². The molecule has 25 heavy (non-hydrogen) atoms. The molecule has 1 fully saturated rings. The molecule has 0 aliphatic carbocycles. The first-order valence-corrected chi connectivity index (χ1v) is 8.99. The number of fused-ring (bicyclic) bond motifs is 1. The number of hydrogen-bond donors (Lipinski definition) is 0. The van der Waals surface area contributed by atoms with Crippen LogP contribution in [0.5, 0.6) is 0 Å². The smallest absolute Gasteiger partial charge is 0.323 e. The second-order valence-electron chi connectivity index (χ2n) is 6.46. The molecule has 1 aromatic rings. The molecule has 0 aromatic heterocycles. The van der Waals surface area contributed by atoms with Crippen LogP contribution in [0.15, 0.2) is 24.3 Å². The molecule has 0 radical (unpaired) electrons. The Bertz CT molecular complexity index is 638. The number of ether oxygens (including phenoxy) is 1. The van der Waals surface area contributed by atoms with Gasteiger partial charge in [0.1, 0.15) is 6.04 Å². The van der Waals surface area contributed by atoms with Gasteiger partial charge in [-0.1, -0.05) is 18.6 Å². The molecule has 3 rings (SSSR count). The maximum atomic E-state index is 12.4. The highest BCUT2D eigenvalue weighted by Gasteiger charge is 2.35. The van der Waals surface area contributed by atoms with E-state index in [1.54, 1.807) is 24.3 Å². The molecule has 2 amide bonds. The zero-order valence-corrected chi connectivity index (χ0v) is 14.6. The molecule has 134 valence electrons. The molecule has 0 spiro atoms. The molecule has 0 bridgehead atoms. The fraction of sp³-hybridized carbons (Fsp3) is 0.526.